The van der Waals surface area contributed by atoms with E-state index in [1.54, 1.807) is 0 Å². The third-order valence-electron chi connectivity index (χ3n) is 2.78. The largest absolute Gasteiger partial charge is 0.356 e. The summed E-state index contributed by atoms with van der Waals surface area (Å²) in [5, 5.41) is 3.30. The molecule has 3 aromatic rings. The van der Waals surface area contributed by atoms with Crippen LogP contribution < -0.4 is 16.6 Å². The monoisotopic (exact) mass is 277 g/mol. The Bertz CT molecular complexity index is 572. The highest BCUT2D eigenvalue weighted by Crippen LogP contribution is 2.14. The van der Waals surface area contributed by atoms with Crippen LogP contribution in [0.25, 0.3) is 0 Å². The van der Waals surface area contributed by atoms with Crippen LogP contribution in [0, 0.1) is 0 Å². The number of nitrogen functional groups attached to an aromatic ring is 1. The van der Waals surface area contributed by atoms with E-state index < -0.39 is 0 Å². The number of rotatable bonds is 3. The molecule has 0 unspecified atom stereocenters. The fourth-order valence-corrected chi connectivity index (χ4v) is 1.74. The second-order valence-corrected chi connectivity index (χ2v) is 4.37. The first kappa shape index (κ1) is 14.6. The van der Waals surface area contributed by atoms with Gasteiger partial charge in [0, 0.05) is 17.1 Å². The molecule has 0 bridgehead atoms. The van der Waals surface area contributed by atoms with Gasteiger partial charge in [-0.25, -0.2) is 0 Å². The van der Waals surface area contributed by atoms with Gasteiger partial charge >= 0.3 is 0 Å². The highest BCUT2D eigenvalue weighted by atomic mass is 15.2. The van der Waals surface area contributed by atoms with Crippen LogP contribution in [-0.2, 0) is 0 Å². The van der Waals surface area contributed by atoms with Crippen LogP contribution in [0.5, 0.6) is 0 Å². The smallest absolute Gasteiger partial charge is 0.0485 e. The summed E-state index contributed by atoms with van der Waals surface area (Å²) in [6.45, 7) is 0. The van der Waals surface area contributed by atoms with Gasteiger partial charge in [0.05, 0.1) is 0 Å². The average molecular weight is 277 g/mol. The number of benzene rings is 3. The molecular formula is C18H19N3. The van der Waals surface area contributed by atoms with E-state index in [0.717, 1.165) is 17.1 Å². The number of para-hydroxylation sites is 3. The second kappa shape index (κ2) is 8.40. The molecular weight excluding hydrogens is 258 g/mol. The molecule has 0 aromatic heterocycles. The molecule has 3 aromatic carbocycles. The van der Waals surface area contributed by atoms with Crippen LogP contribution in [0.3, 0.4) is 0 Å². The van der Waals surface area contributed by atoms with Crippen LogP contribution in [0.4, 0.5) is 17.1 Å². The first-order chi connectivity index (χ1) is 10.4. The van der Waals surface area contributed by atoms with Crippen molar-refractivity contribution in [1.29, 1.82) is 0 Å². The molecule has 0 spiro atoms. The molecule has 106 valence electrons. The Morgan fingerprint density at radius 2 is 0.810 bits per heavy atom. The molecule has 0 saturated heterocycles. The number of nitrogens with two attached hydrogens (primary N) is 1. The first-order valence-corrected chi connectivity index (χ1v) is 6.77. The van der Waals surface area contributed by atoms with Gasteiger partial charge in [0.1, 0.15) is 0 Å². The number of hydrazine groups is 1. The lowest BCUT2D eigenvalue weighted by Gasteiger charge is -2.04. The van der Waals surface area contributed by atoms with E-state index in [1.165, 1.54) is 0 Å². The quantitative estimate of drug-likeness (QED) is 0.491. The maximum absolute atomic E-state index is 5.10. The van der Waals surface area contributed by atoms with Gasteiger partial charge in [0.15, 0.2) is 0 Å². The van der Waals surface area contributed by atoms with Gasteiger partial charge < -0.3 is 10.7 Å². The topological polar surface area (TPSA) is 50.1 Å². The van der Waals surface area contributed by atoms with Crippen molar-refractivity contribution in [3.8, 4) is 0 Å². The zero-order chi connectivity index (χ0) is 14.8. The SMILES string of the molecule is NNc1ccccc1.c1ccc(Nc2ccccc2)cc1. The maximum atomic E-state index is 5.10. The molecule has 0 radical (unpaired) electrons. The summed E-state index contributed by atoms with van der Waals surface area (Å²) < 4.78 is 0. The Kier molecular flexibility index (Phi) is 5.85. The van der Waals surface area contributed by atoms with E-state index in [-0.39, 0.29) is 0 Å². The Morgan fingerprint density at radius 1 is 0.476 bits per heavy atom. The Labute approximate surface area is 125 Å². The summed E-state index contributed by atoms with van der Waals surface area (Å²) in [5.41, 5.74) is 5.70. The van der Waals surface area contributed by atoms with E-state index in [0.29, 0.717) is 0 Å². The minimum Gasteiger partial charge on any atom is -0.356 e. The highest BCUT2D eigenvalue weighted by molar-refractivity contribution is 5.58. The van der Waals surface area contributed by atoms with Crippen LogP contribution in [0.2, 0.25) is 0 Å². The summed E-state index contributed by atoms with van der Waals surface area (Å²) in [6.07, 6.45) is 0. The van der Waals surface area contributed by atoms with Crippen molar-refractivity contribution in [1.82, 2.24) is 0 Å². The molecule has 0 fully saturated rings. The standard InChI is InChI=1S/C12H11N.C6H8N2/c1-3-7-11(8-4-1)13-12-9-5-2-6-10-12;7-8-6-4-2-1-3-5-6/h1-10,13H;1-5,8H,7H2. The molecule has 0 amide bonds. The summed E-state index contributed by atoms with van der Waals surface area (Å²) in [4.78, 5) is 0. The maximum Gasteiger partial charge on any atom is 0.0485 e. The number of hydrogen-bond donors (Lipinski definition) is 3. The molecule has 4 N–H and O–H groups in total. The fourth-order valence-electron chi connectivity index (χ4n) is 1.74. The Hall–Kier alpha value is -2.78. The number of anilines is 3. The lowest BCUT2D eigenvalue weighted by atomic mass is 10.3. The number of hydrogen-bond acceptors (Lipinski definition) is 3. The summed E-state index contributed by atoms with van der Waals surface area (Å²) >= 11 is 0. The third-order valence-corrected chi connectivity index (χ3v) is 2.78. The molecule has 3 rings (SSSR count). The highest BCUT2D eigenvalue weighted by Gasteiger charge is 1.89. The van der Waals surface area contributed by atoms with Gasteiger partial charge in [0.25, 0.3) is 0 Å². The van der Waals surface area contributed by atoms with Gasteiger partial charge in [-0.05, 0) is 36.4 Å². The van der Waals surface area contributed by atoms with Gasteiger partial charge in [-0.2, -0.15) is 0 Å². The summed E-state index contributed by atoms with van der Waals surface area (Å²) in [6, 6.07) is 29.9. The Morgan fingerprint density at radius 3 is 1.10 bits per heavy atom. The van der Waals surface area contributed by atoms with Gasteiger partial charge in [-0.1, -0.05) is 54.6 Å². The predicted molar refractivity (Wildman–Crippen MR) is 90.4 cm³/mol. The molecule has 0 aliphatic rings. The molecule has 0 aliphatic carbocycles. The van der Waals surface area contributed by atoms with Crippen LogP contribution in [-0.4, -0.2) is 0 Å². The van der Waals surface area contributed by atoms with Crippen molar-refractivity contribution < 1.29 is 0 Å². The van der Waals surface area contributed by atoms with Crippen LogP contribution in [0.1, 0.15) is 0 Å². The summed E-state index contributed by atoms with van der Waals surface area (Å²) in [7, 11) is 0. The van der Waals surface area contributed by atoms with Crippen molar-refractivity contribution in [3.05, 3.63) is 91.0 Å². The minimum absolute atomic E-state index is 0.938. The van der Waals surface area contributed by atoms with Gasteiger partial charge in [-0.3, -0.25) is 5.84 Å². The lowest BCUT2D eigenvalue weighted by molar-refractivity contribution is 1.35. The summed E-state index contributed by atoms with van der Waals surface area (Å²) in [5.74, 6) is 5.10. The number of nitrogens with one attached hydrogen (secondary N) is 2. The van der Waals surface area contributed by atoms with Crippen LogP contribution in [0.15, 0.2) is 91.0 Å². The van der Waals surface area contributed by atoms with Crippen molar-refractivity contribution in [2.45, 2.75) is 0 Å². The minimum atomic E-state index is 0.938. The van der Waals surface area contributed by atoms with Gasteiger partial charge in [0.2, 0.25) is 0 Å². The molecule has 3 nitrogen and oxygen atoms in total. The van der Waals surface area contributed by atoms with Crippen molar-refractivity contribution in [2.24, 2.45) is 5.84 Å². The molecule has 21 heavy (non-hydrogen) atoms. The third kappa shape index (κ3) is 5.38. The molecule has 0 aliphatic heterocycles. The zero-order valence-electron chi connectivity index (χ0n) is 11.7. The fraction of sp³-hybridized carbons (Fsp3) is 0. The first-order valence-electron chi connectivity index (χ1n) is 6.77. The predicted octanol–water partition coefficient (Wildman–Crippen LogP) is 4.40. The zero-order valence-corrected chi connectivity index (χ0v) is 11.7. The lowest BCUT2D eigenvalue weighted by Crippen LogP contribution is -2.05. The molecule has 0 atom stereocenters. The normalized spacial score (nSPS) is 9.19. The molecule has 3 heteroatoms. The average Bonchev–Trinajstić information content (AvgIpc) is 2.58. The van der Waals surface area contributed by atoms with E-state index in [1.807, 2.05) is 91.0 Å². The van der Waals surface area contributed by atoms with Crippen molar-refractivity contribution in [3.63, 3.8) is 0 Å². The van der Waals surface area contributed by atoms with E-state index in [9.17, 15) is 0 Å². The molecule has 0 heterocycles. The van der Waals surface area contributed by atoms with E-state index in [4.69, 9.17) is 5.84 Å². The van der Waals surface area contributed by atoms with Crippen molar-refractivity contribution in [2.75, 3.05) is 10.7 Å². The van der Waals surface area contributed by atoms with Crippen molar-refractivity contribution >= 4 is 17.1 Å². The van der Waals surface area contributed by atoms with E-state index in [2.05, 4.69) is 10.7 Å². The molecule has 0 saturated carbocycles. The van der Waals surface area contributed by atoms with E-state index >= 15 is 0 Å². The Balaban J connectivity index is 0.000000173. The van der Waals surface area contributed by atoms with Gasteiger partial charge in [-0.15, -0.1) is 0 Å². The van der Waals surface area contributed by atoms with Crippen LogP contribution >= 0.6 is 0 Å². The second-order valence-electron chi connectivity index (χ2n) is 4.37.